The van der Waals surface area contributed by atoms with Gasteiger partial charge in [0.15, 0.2) is 0 Å². The van der Waals surface area contributed by atoms with Crippen LogP contribution < -0.4 is 9.47 Å². The first-order chi connectivity index (χ1) is 7.90. The molecular formula is C11H16N2O4. The van der Waals surface area contributed by atoms with Crippen LogP contribution in [0.15, 0.2) is 12.1 Å². The van der Waals surface area contributed by atoms with Crippen molar-refractivity contribution in [2.75, 3.05) is 0 Å². The minimum Gasteiger partial charge on any atom is -0.475 e. The third-order valence-corrected chi connectivity index (χ3v) is 1.72. The Morgan fingerprint density at radius 3 is 2.24 bits per heavy atom. The lowest BCUT2D eigenvalue weighted by Crippen LogP contribution is -2.11. The van der Waals surface area contributed by atoms with Crippen molar-refractivity contribution in [1.82, 2.24) is 4.98 Å². The van der Waals surface area contributed by atoms with Crippen molar-refractivity contribution in [1.29, 1.82) is 0 Å². The Hall–Kier alpha value is -1.85. The van der Waals surface area contributed by atoms with Crippen LogP contribution in [0.5, 0.6) is 11.8 Å². The highest BCUT2D eigenvalue weighted by molar-refractivity contribution is 5.43. The molecule has 1 heterocycles. The highest BCUT2D eigenvalue weighted by atomic mass is 16.6. The SMILES string of the molecule is CC(C)Oc1ccc([N+](=O)[O-])c(OC(C)C)n1. The Balaban J connectivity index is 3.05. The average Bonchev–Trinajstić information content (AvgIpc) is 2.15. The summed E-state index contributed by atoms with van der Waals surface area (Å²) in [5.41, 5.74) is -0.158. The zero-order valence-corrected chi connectivity index (χ0v) is 10.3. The maximum Gasteiger partial charge on any atom is 0.331 e. The van der Waals surface area contributed by atoms with Gasteiger partial charge in [0.1, 0.15) is 0 Å². The second-order valence-electron chi connectivity index (χ2n) is 4.06. The van der Waals surface area contributed by atoms with E-state index in [-0.39, 0.29) is 23.8 Å². The molecule has 0 bridgehead atoms. The second-order valence-corrected chi connectivity index (χ2v) is 4.06. The molecule has 0 aliphatic heterocycles. The molecule has 0 radical (unpaired) electrons. The summed E-state index contributed by atoms with van der Waals surface area (Å²) < 4.78 is 10.7. The first kappa shape index (κ1) is 13.2. The number of hydrogen-bond acceptors (Lipinski definition) is 5. The molecule has 0 atom stereocenters. The zero-order chi connectivity index (χ0) is 13.0. The van der Waals surface area contributed by atoms with Gasteiger partial charge in [0, 0.05) is 12.1 Å². The third kappa shape index (κ3) is 3.90. The number of pyridine rings is 1. The summed E-state index contributed by atoms with van der Waals surface area (Å²) in [5, 5.41) is 10.8. The summed E-state index contributed by atoms with van der Waals surface area (Å²) in [6, 6.07) is 2.80. The van der Waals surface area contributed by atoms with Crippen LogP contribution in [0.3, 0.4) is 0 Å². The molecule has 0 aliphatic rings. The smallest absolute Gasteiger partial charge is 0.331 e. The fraction of sp³-hybridized carbons (Fsp3) is 0.545. The summed E-state index contributed by atoms with van der Waals surface area (Å²) in [4.78, 5) is 14.2. The van der Waals surface area contributed by atoms with E-state index in [4.69, 9.17) is 9.47 Å². The van der Waals surface area contributed by atoms with Crippen molar-refractivity contribution in [3.05, 3.63) is 22.2 Å². The molecule has 0 aliphatic carbocycles. The van der Waals surface area contributed by atoms with Gasteiger partial charge >= 0.3 is 5.69 Å². The predicted molar refractivity (Wildman–Crippen MR) is 62.4 cm³/mol. The van der Waals surface area contributed by atoms with Crippen LogP contribution in [0.25, 0.3) is 0 Å². The van der Waals surface area contributed by atoms with Crippen molar-refractivity contribution < 1.29 is 14.4 Å². The van der Waals surface area contributed by atoms with Gasteiger partial charge in [0.2, 0.25) is 5.88 Å². The molecule has 0 saturated heterocycles. The van der Waals surface area contributed by atoms with Crippen LogP contribution in [0, 0.1) is 10.1 Å². The summed E-state index contributed by atoms with van der Waals surface area (Å²) in [6.45, 7) is 7.26. The van der Waals surface area contributed by atoms with Crippen molar-refractivity contribution in [3.63, 3.8) is 0 Å². The molecule has 0 unspecified atom stereocenters. The number of rotatable bonds is 5. The fourth-order valence-corrected chi connectivity index (χ4v) is 1.17. The van der Waals surface area contributed by atoms with Gasteiger partial charge in [-0.1, -0.05) is 0 Å². The van der Waals surface area contributed by atoms with Gasteiger partial charge < -0.3 is 9.47 Å². The highest BCUT2D eigenvalue weighted by Crippen LogP contribution is 2.28. The van der Waals surface area contributed by atoms with Crippen LogP contribution >= 0.6 is 0 Å². The molecule has 1 rings (SSSR count). The number of nitrogens with zero attached hydrogens (tertiary/aromatic N) is 2. The van der Waals surface area contributed by atoms with Crippen LogP contribution in [0.2, 0.25) is 0 Å². The molecule has 0 fully saturated rings. The quantitative estimate of drug-likeness (QED) is 0.584. The van der Waals surface area contributed by atoms with Gasteiger partial charge in [-0.05, 0) is 27.7 Å². The van der Waals surface area contributed by atoms with Gasteiger partial charge in [-0.15, -0.1) is 0 Å². The third-order valence-electron chi connectivity index (χ3n) is 1.72. The standard InChI is InChI=1S/C11H16N2O4/c1-7(2)16-10-6-5-9(13(14)15)11(12-10)17-8(3)4/h5-8H,1-4H3. The molecule has 6 nitrogen and oxygen atoms in total. The van der Waals surface area contributed by atoms with Gasteiger partial charge in [0.05, 0.1) is 17.1 Å². The minimum atomic E-state index is -0.524. The summed E-state index contributed by atoms with van der Waals surface area (Å²) in [7, 11) is 0. The zero-order valence-electron chi connectivity index (χ0n) is 10.3. The second kappa shape index (κ2) is 5.47. The molecule has 1 aromatic rings. The Bertz CT molecular complexity index is 404. The van der Waals surface area contributed by atoms with Crippen molar-refractivity contribution in [2.24, 2.45) is 0 Å². The Morgan fingerprint density at radius 2 is 1.76 bits per heavy atom. The molecular weight excluding hydrogens is 224 g/mol. The van der Waals surface area contributed by atoms with E-state index in [0.717, 1.165) is 0 Å². The average molecular weight is 240 g/mol. The normalized spacial score (nSPS) is 10.7. The lowest BCUT2D eigenvalue weighted by Gasteiger charge is -2.12. The van der Waals surface area contributed by atoms with E-state index in [9.17, 15) is 10.1 Å². The van der Waals surface area contributed by atoms with E-state index in [1.807, 2.05) is 13.8 Å². The first-order valence-electron chi connectivity index (χ1n) is 5.39. The van der Waals surface area contributed by atoms with E-state index >= 15 is 0 Å². The topological polar surface area (TPSA) is 74.5 Å². The summed E-state index contributed by atoms with van der Waals surface area (Å²) in [6.07, 6.45) is -0.230. The van der Waals surface area contributed by atoms with Gasteiger partial charge in [-0.25, -0.2) is 0 Å². The van der Waals surface area contributed by atoms with E-state index < -0.39 is 4.92 Å². The molecule has 17 heavy (non-hydrogen) atoms. The van der Waals surface area contributed by atoms with E-state index in [1.54, 1.807) is 13.8 Å². The molecule has 1 aromatic heterocycles. The molecule has 6 heteroatoms. The lowest BCUT2D eigenvalue weighted by atomic mass is 10.4. The lowest BCUT2D eigenvalue weighted by molar-refractivity contribution is -0.386. The summed E-state index contributed by atoms with van der Waals surface area (Å²) >= 11 is 0. The number of nitro groups is 1. The number of hydrogen-bond donors (Lipinski definition) is 0. The van der Waals surface area contributed by atoms with Crippen LogP contribution in [0.4, 0.5) is 5.69 Å². The maximum atomic E-state index is 10.8. The van der Waals surface area contributed by atoms with Gasteiger partial charge in [-0.3, -0.25) is 10.1 Å². The Kier molecular flexibility index (Phi) is 4.25. The van der Waals surface area contributed by atoms with Crippen molar-refractivity contribution in [2.45, 2.75) is 39.9 Å². The molecule has 0 spiro atoms. The van der Waals surface area contributed by atoms with Crippen LogP contribution in [-0.4, -0.2) is 22.1 Å². The van der Waals surface area contributed by atoms with E-state index in [1.165, 1.54) is 12.1 Å². The highest BCUT2D eigenvalue weighted by Gasteiger charge is 2.19. The Morgan fingerprint density at radius 1 is 1.18 bits per heavy atom. The van der Waals surface area contributed by atoms with Gasteiger partial charge in [-0.2, -0.15) is 4.98 Å². The monoisotopic (exact) mass is 240 g/mol. The summed E-state index contributed by atoms with van der Waals surface area (Å²) in [5.74, 6) is 0.310. The predicted octanol–water partition coefficient (Wildman–Crippen LogP) is 2.56. The van der Waals surface area contributed by atoms with Crippen molar-refractivity contribution in [3.8, 4) is 11.8 Å². The number of ether oxygens (including phenoxy) is 2. The van der Waals surface area contributed by atoms with Crippen molar-refractivity contribution >= 4 is 5.69 Å². The van der Waals surface area contributed by atoms with Crippen LogP contribution in [-0.2, 0) is 0 Å². The first-order valence-corrected chi connectivity index (χ1v) is 5.39. The minimum absolute atomic E-state index is 0.0110. The van der Waals surface area contributed by atoms with Crippen LogP contribution in [0.1, 0.15) is 27.7 Å². The van der Waals surface area contributed by atoms with E-state index in [0.29, 0.717) is 5.88 Å². The molecule has 0 aromatic carbocycles. The molecule has 0 saturated carbocycles. The maximum absolute atomic E-state index is 10.8. The van der Waals surface area contributed by atoms with E-state index in [2.05, 4.69) is 4.98 Å². The number of aromatic nitrogens is 1. The largest absolute Gasteiger partial charge is 0.475 e. The molecule has 94 valence electrons. The van der Waals surface area contributed by atoms with Gasteiger partial charge in [0.25, 0.3) is 5.88 Å². The fourth-order valence-electron chi connectivity index (χ4n) is 1.17. The molecule has 0 N–H and O–H groups in total. The Labute approximate surface area is 99.7 Å². The molecule has 0 amide bonds.